The lowest BCUT2D eigenvalue weighted by Crippen LogP contribution is -2.38. The van der Waals surface area contributed by atoms with Crippen molar-refractivity contribution in [3.05, 3.63) is 23.8 Å². The Morgan fingerprint density at radius 1 is 0.938 bits per heavy atom. The molecule has 7 nitrogen and oxygen atoms in total. The summed E-state index contributed by atoms with van der Waals surface area (Å²) in [6.07, 6.45) is 6.89. The second-order valence-electron chi connectivity index (χ2n) is 8.46. The molecule has 0 aromatic heterocycles. The van der Waals surface area contributed by atoms with Gasteiger partial charge in [0.05, 0.1) is 13.2 Å². The summed E-state index contributed by atoms with van der Waals surface area (Å²) in [7, 11) is 3.18. The molecule has 0 aliphatic heterocycles. The van der Waals surface area contributed by atoms with Crippen molar-refractivity contribution in [2.75, 3.05) is 14.2 Å². The number of ether oxygens (including phenoxy) is 4. The highest BCUT2D eigenvalue weighted by atomic mass is 16.6. The topological polar surface area (TPSA) is 88.1 Å². The lowest BCUT2D eigenvalue weighted by Gasteiger charge is -2.34. The molecule has 0 bridgehead atoms. The molecule has 7 heteroatoms. The molecule has 1 saturated carbocycles. The molecule has 32 heavy (non-hydrogen) atoms. The fourth-order valence-electron chi connectivity index (χ4n) is 4.37. The summed E-state index contributed by atoms with van der Waals surface area (Å²) < 4.78 is 21.3. The number of hydrogen-bond acceptors (Lipinski definition) is 7. The van der Waals surface area contributed by atoms with Gasteiger partial charge >= 0.3 is 11.9 Å². The first-order chi connectivity index (χ1) is 15.3. The number of carbonyl (C=O) groups is 3. The Labute approximate surface area is 190 Å². The lowest BCUT2D eigenvalue weighted by atomic mass is 9.82. The average Bonchev–Trinajstić information content (AvgIpc) is 2.73. The van der Waals surface area contributed by atoms with Gasteiger partial charge in [0.1, 0.15) is 11.9 Å². The fraction of sp³-hybridized carbons (Fsp3) is 0.640. The van der Waals surface area contributed by atoms with E-state index in [0.29, 0.717) is 30.3 Å². The molecule has 0 N–H and O–H groups in total. The first kappa shape index (κ1) is 25.8. The minimum absolute atomic E-state index is 0.0314. The molecule has 0 heterocycles. The van der Waals surface area contributed by atoms with Gasteiger partial charge in [-0.2, -0.15) is 0 Å². The zero-order valence-electron chi connectivity index (χ0n) is 19.7. The Hall–Kier alpha value is -2.41. The summed E-state index contributed by atoms with van der Waals surface area (Å²) in [4.78, 5) is 34.9. The van der Waals surface area contributed by atoms with E-state index in [9.17, 15) is 14.4 Å². The van der Waals surface area contributed by atoms with E-state index in [1.54, 1.807) is 19.2 Å². The van der Waals surface area contributed by atoms with Crippen LogP contribution in [0.25, 0.3) is 0 Å². The van der Waals surface area contributed by atoms with Gasteiger partial charge in [-0.05, 0) is 68.6 Å². The minimum Gasteiger partial charge on any atom is -0.493 e. The second kappa shape index (κ2) is 13.2. The molecule has 0 saturated heterocycles. The fourth-order valence-corrected chi connectivity index (χ4v) is 4.37. The van der Waals surface area contributed by atoms with Crippen molar-refractivity contribution in [1.29, 1.82) is 0 Å². The molecular formula is C25H36O7. The van der Waals surface area contributed by atoms with Crippen LogP contribution in [0.3, 0.4) is 0 Å². The van der Waals surface area contributed by atoms with E-state index in [1.807, 2.05) is 6.07 Å². The van der Waals surface area contributed by atoms with E-state index in [0.717, 1.165) is 50.5 Å². The van der Waals surface area contributed by atoms with Gasteiger partial charge in [-0.15, -0.1) is 0 Å². The number of methoxy groups -OCH3 is 2. The second-order valence-corrected chi connectivity index (χ2v) is 8.46. The highest BCUT2D eigenvalue weighted by Crippen LogP contribution is 2.32. The number of benzene rings is 1. The van der Waals surface area contributed by atoms with E-state index >= 15 is 0 Å². The third-order valence-electron chi connectivity index (χ3n) is 5.93. The summed E-state index contributed by atoms with van der Waals surface area (Å²) in [6.45, 7) is 2.78. The molecule has 1 fully saturated rings. The minimum atomic E-state index is -0.398. The summed E-state index contributed by atoms with van der Waals surface area (Å²) in [5.41, 5.74) is 1.00. The van der Waals surface area contributed by atoms with E-state index in [-0.39, 0.29) is 24.0 Å². The number of hydrogen-bond donors (Lipinski definition) is 0. The van der Waals surface area contributed by atoms with Gasteiger partial charge in [0.25, 0.3) is 0 Å². The van der Waals surface area contributed by atoms with Crippen molar-refractivity contribution in [1.82, 2.24) is 0 Å². The summed E-state index contributed by atoms with van der Waals surface area (Å²) in [6, 6.07) is 5.49. The standard InChI is InChI=1S/C25H36O7/c1-17(26)31-24-15-19(11-13-22(24)29-3)7-5-9-21(28)10-6-8-20-12-14-23(30-4)25(16-20)32-18(2)27/h11,13,15,20,23,25H,5-10,12,14,16H2,1-4H3. The van der Waals surface area contributed by atoms with Crippen LogP contribution in [0.2, 0.25) is 0 Å². The van der Waals surface area contributed by atoms with Gasteiger partial charge in [-0.1, -0.05) is 6.07 Å². The summed E-state index contributed by atoms with van der Waals surface area (Å²) >= 11 is 0. The van der Waals surface area contributed by atoms with Crippen LogP contribution < -0.4 is 9.47 Å². The van der Waals surface area contributed by atoms with Gasteiger partial charge < -0.3 is 18.9 Å². The number of esters is 2. The largest absolute Gasteiger partial charge is 0.493 e. The molecule has 3 unspecified atom stereocenters. The average molecular weight is 449 g/mol. The van der Waals surface area contributed by atoms with Gasteiger partial charge in [0.15, 0.2) is 11.5 Å². The van der Waals surface area contributed by atoms with Crippen molar-refractivity contribution in [3.63, 3.8) is 0 Å². The molecule has 0 radical (unpaired) electrons. The van der Waals surface area contributed by atoms with Gasteiger partial charge in [-0.25, -0.2) is 0 Å². The van der Waals surface area contributed by atoms with Crippen molar-refractivity contribution in [2.45, 2.75) is 83.8 Å². The number of aryl methyl sites for hydroxylation is 1. The first-order valence-corrected chi connectivity index (χ1v) is 11.4. The van der Waals surface area contributed by atoms with Gasteiger partial charge in [0.2, 0.25) is 0 Å². The highest BCUT2D eigenvalue weighted by Gasteiger charge is 2.32. The predicted molar refractivity (Wildman–Crippen MR) is 120 cm³/mol. The zero-order valence-corrected chi connectivity index (χ0v) is 19.7. The Bertz CT molecular complexity index is 774. The van der Waals surface area contributed by atoms with Crippen molar-refractivity contribution in [3.8, 4) is 11.5 Å². The Morgan fingerprint density at radius 3 is 2.34 bits per heavy atom. The molecule has 3 atom stereocenters. The Balaban J connectivity index is 1.70. The Kier molecular flexibility index (Phi) is 10.7. The van der Waals surface area contributed by atoms with Crippen molar-refractivity contribution >= 4 is 17.7 Å². The number of Topliss-reactive ketones (excluding diaryl/α,β-unsaturated/α-hetero) is 1. The van der Waals surface area contributed by atoms with Crippen LogP contribution in [0.4, 0.5) is 0 Å². The van der Waals surface area contributed by atoms with E-state index in [1.165, 1.54) is 21.0 Å². The maximum absolute atomic E-state index is 12.3. The van der Waals surface area contributed by atoms with Crippen LogP contribution >= 0.6 is 0 Å². The first-order valence-electron chi connectivity index (χ1n) is 11.4. The summed E-state index contributed by atoms with van der Waals surface area (Å²) in [5, 5.41) is 0. The third-order valence-corrected chi connectivity index (χ3v) is 5.93. The van der Waals surface area contributed by atoms with Crippen LogP contribution in [-0.4, -0.2) is 44.1 Å². The highest BCUT2D eigenvalue weighted by molar-refractivity contribution is 5.78. The molecule has 0 spiro atoms. The predicted octanol–water partition coefficient (Wildman–Crippen LogP) is 4.43. The number of ketones is 1. The summed E-state index contributed by atoms with van der Waals surface area (Å²) in [5.74, 6) is 0.961. The Morgan fingerprint density at radius 2 is 1.69 bits per heavy atom. The van der Waals surface area contributed by atoms with E-state index in [4.69, 9.17) is 18.9 Å². The van der Waals surface area contributed by atoms with Gasteiger partial charge in [-0.3, -0.25) is 14.4 Å². The molecule has 2 rings (SSSR count). The third kappa shape index (κ3) is 8.61. The van der Waals surface area contributed by atoms with Crippen LogP contribution in [-0.2, 0) is 30.3 Å². The van der Waals surface area contributed by atoms with Crippen LogP contribution in [0.5, 0.6) is 11.5 Å². The van der Waals surface area contributed by atoms with Gasteiger partial charge in [0, 0.05) is 33.8 Å². The van der Waals surface area contributed by atoms with Crippen molar-refractivity contribution < 1.29 is 33.3 Å². The zero-order chi connectivity index (χ0) is 23.5. The molecular weight excluding hydrogens is 412 g/mol. The maximum atomic E-state index is 12.3. The quantitative estimate of drug-likeness (QED) is 0.345. The molecule has 1 aliphatic rings. The maximum Gasteiger partial charge on any atom is 0.308 e. The lowest BCUT2D eigenvalue weighted by molar-refractivity contribution is -0.158. The molecule has 1 aromatic carbocycles. The van der Waals surface area contributed by atoms with Crippen molar-refractivity contribution in [2.24, 2.45) is 5.92 Å². The number of rotatable bonds is 12. The molecule has 178 valence electrons. The monoisotopic (exact) mass is 448 g/mol. The smallest absolute Gasteiger partial charge is 0.308 e. The van der Waals surface area contributed by atoms with Crippen LogP contribution in [0, 0.1) is 5.92 Å². The van der Waals surface area contributed by atoms with E-state index < -0.39 is 5.97 Å². The van der Waals surface area contributed by atoms with Crippen LogP contribution in [0.15, 0.2) is 18.2 Å². The normalized spacial score (nSPS) is 20.4. The molecule has 0 amide bonds. The SMILES string of the molecule is COc1ccc(CCCC(=O)CCCC2CCC(OC)C(OC(C)=O)C2)cc1OC(C)=O. The number of carbonyl (C=O) groups excluding carboxylic acids is 3. The molecule has 1 aromatic rings. The van der Waals surface area contributed by atoms with E-state index in [2.05, 4.69) is 0 Å². The molecule has 1 aliphatic carbocycles. The van der Waals surface area contributed by atoms with Crippen LogP contribution in [0.1, 0.15) is 70.8 Å².